The van der Waals surface area contributed by atoms with Crippen LogP contribution in [0.1, 0.15) is 25.2 Å². The summed E-state index contributed by atoms with van der Waals surface area (Å²) in [6.07, 6.45) is 2.31. The van der Waals surface area contributed by atoms with Gasteiger partial charge in [-0.1, -0.05) is 18.2 Å². The van der Waals surface area contributed by atoms with Crippen molar-refractivity contribution in [3.05, 3.63) is 54.0 Å². The third-order valence-electron chi connectivity index (χ3n) is 5.88. The van der Waals surface area contributed by atoms with E-state index in [1.807, 2.05) is 32.0 Å². The molecule has 1 aromatic heterocycles. The molecule has 1 saturated heterocycles. The van der Waals surface area contributed by atoms with Gasteiger partial charge < -0.3 is 20.0 Å². The third kappa shape index (κ3) is 4.51. The first-order valence-corrected chi connectivity index (χ1v) is 10.7. The predicted octanol–water partition coefficient (Wildman–Crippen LogP) is 1.78. The summed E-state index contributed by atoms with van der Waals surface area (Å²) in [6, 6.07) is 12.2. The molecule has 2 amide bonds. The van der Waals surface area contributed by atoms with E-state index >= 15 is 0 Å². The van der Waals surface area contributed by atoms with Gasteiger partial charge in [-0.3, -0.25) is 14.5 Å². The number of nitrogens with one attached hydrogen (secondary N) is 2. The number of piperazine rings is 1. The van der Waals surface area contributed by atoms with Gasteiger partial charge in [-0.25, -0.2) is 0 Å². The van der Waals surface area contributed by atoms with Crippen LogP contribution in [0.4, 0.5) is 5.69 Å². The summed E-state index contributed by atoms with van der Waals surface area (Å²) >= 11 is 0. The number of amides is 2. The number of anilines is 1. The van der Waals surface area contributed by atoms with E-state index in [4.69, 9.17) is 4.42 Å². The molecule has 0 spiro atoms. The second-order valence-corrected chi connectivity index (χ2v) is 8.45. The molecule has 4 rings (SSSR count). The molecule has 7 heteroatoms. The Morgan fingerprint density at radius 1 is 1.17 bits per heavy atom. The van der Waals surface area contributed by atoms with Crippen LogP contribution >= 0.6 is 0 Å². The number of carbonyl (C=O) groups excluding carboxylic acids is 2. The molecule has 0 radical (unpaired) electrons. The maximum Gasteiger partial charge on any atom is 0.234 e. The Labute approximate surface area is 177 Å². The molecular weight excluding hydrogens is 380 g/mol. The largest absolute Gasteiger partial charge is 0.467 e. The summed E-state index contributed by atoms with van der Waals surface area (Å²) < 4.78 is 5.35. The van der Waals surface area contributed by atoms with Crippen molar-refractivity contribution in [1.82, 2.24) is 15.5 Å². The highest BCUT2D eigenvalue weighted by molar-refractivity contribution is 5.82. The fraction of sp³-hybridized carbons (Fsp3) is 0.478. The zero-order chi connectivity index (χ0) is 21.1. The minimum absolute atomic E-state index is 0.0318. The van der Waals surface area contributed by atoms with Gasteiger partial charge >= 0.3 is 0 Å². The van der Waals surface area contributed by atoms with Crippen molar-refractivity contribution < 1.29 is 14.0 Å². The Hall–Kier alpha value is -2.80. The Balaban J connectivity index is 1.50. The SMILES string of the molecule is CC(C)NC(=O)CN1CCN2c3ccccc3CC(C(=O)NCc3ccco3)C2C1. The molecule has 0 aliphatic carbocycles. The Morgan fingerprint density at radius 2 is 2.00 bits per heavy atom. The molecule has 0 saturated carbocycles. The molecule has 30 heavy (non-hydrogen) atoms. The molecule has 2 atom stereocenters. The highest BCUT2D eigenvalue weighted by Gasteiger charge is 2.41. The summed E-state index contributed by atoms with van der Waals surface area (Å²) in [5, 5.41) is 6.01. The number of furan rings is 1. The Kier molecular flexibility index (Phi) is 6.08. The number of hydrogen-bond acceptors (Lipinski definition) is 5. The molecule has 7 nitrogen and oxygen atoms in total. The van der Waals surface area contributed by atoms with Crippen LogP contribution in [-0.4, -0.2) is 55.0 Å². The van der Waals surface area contributed by atoms with E-state index in [0.717, 1.165) is 18.8 Å². The van der Waals surface area contributed by atoms with Crippen LogP contribution in [0.2, 0.25) is 0 Å². The van der Waals surface area contributed by atoms with Crippen molar-refractivity contribution in [2.45, 2.75) is 38.9 Å². The van der Waals surface area contributed by atoms with Crippen LogP contribution in [0.25, 0.3) is 0 Å². The fourth-order valence-electron chi connectivity index (χ4n) is 4.55. The first kappa shape index (κ1) is 20.5. The van der Waals surface area contributed by atoms with Gasteiger partial charge in [-0.2, -0.15) is 0 Å². The summed E-state index contributed by atoms with van der Waals surface area (Å²) in [4.78, 5) is 29.9. The van der Waals surface area contributed by atoms with Crippen molar-refractivity contribution in [2.24, 2.45) is 5.92 Å². The standard InChI is InChI=1S/C23H30N4O3/c1-16(2)25-22(28)15-26-9-10-27-20-8-4-3-6-17(20)12-19(21(27)14-26)23(29)24-13-18-7-5-11-30-18/h3-8,11,16,19,21H,9-10,12-15H2,1-2H3,(H,24,29)(H,25,28). The highest BCUT2D eigenvalue weighted by Crippen LogP contribution is 2.35. The van der Waals surface area contributed by atoms with E-state index in [9.17, 15) is 9.59 Å². The quantitative estimate of drug-likeness (QED) is 0.759. The summed E-state index contributed by atoms with van der Waals surface area (Å²) in [7, 11) is 0. The van der Waals surface area contributed by atoms with Crippen LogP contribution in [0.15, 0.2) is 47.1 Å². The number of carbonyl (C=O) groups is 2. The Morgan fingerprint density at radius 3 is 2.77 bits per heavy atom. The van der Waals surface area contributed by atoms with Gasteiger partial charge in [-0.15, -0.1) is 0 Å². The molecular formula is C23H30N4O3. The van der Waals surface area contributed by atoms with E-state index < -0.39 is 0 Å². The van der Waals surface area contributed by atoms with Crippen molar-refractivity contribution in [1.29, 1.82) is 0 Å². The van der Waals surface area contributed by atoms with Gasteiger partial charge in [0.25, 0.3) is 0 Å². The molecule has 2 unspecified atom stereocenters. The first-order chi connectivity index (χ1) is 14.5. The molecule has 2 aromatic rings. The minimum Gasteiger partial charge on any atom is -0.467 e. The van der Waals surface area contributed by atoms with Crippen molar-refractivity contribution in [3.63, 3.8) is 0 Å². The average Bonchev–Trinajstić information content (AvgIpc) is 3.24. The number of benzene rings is 1. The van der Waals surface area contributed by atoms with Gasteiger partial charge in [0.15, 0.2) is 0 Å². The maximum atomic E-state index is 13.2. The number of rotatable bonds is 6. The van der Waals surface area contributed by atoms with E-state index in [2.05, 4.69) is 38.6 Å². The second kappa shape index (κ2) is 8.92. The lowest BCUT2D eigenvalue weighted by Gasteiger charge is -2.49. The van der Waals surface area contributed by atoms with Gasteiger partial charge in [0.05, 0.1) is 31.3 Å². The van der Waals surface area contributed by atoms with Crippen LogP contribution in [0.3, 0.4) is 0 Å². The zero-order valence-electron chi connectivity index (χ0n) is 17.6. The van der Waals surface area contributed by atoms with Crippen molar-refractivity contribution >= 4 is 17.5 Å². The highest BCUT2D eigenvalue weighted by atomic mass is 16.3. The van der Waals surface area contributed by atoms with Crippen LogP contribution in [-0.2, 0) is 22.6 Å². The van der Waals surface area contributed by atoms with E-state index in [0.29, 0.717) is 26.1 Å². The molecule has 1 aromatic carbocycles. The van der Waals surface area contributed by atoms with E-state index in [-0.39, 0.29) is 29.8 Å². The smallest absolute Gasteiger partial charge is 0.234 e. The van der Waals surface area contributed by atoms with E-state index in [1.165, 1.54) is 11.3 Å². The van der Waals surface area contributed by atoms with Crippen molar-refractivity contribution in [2.75, 3.05) is 31.1 Å². The van der Waals surface area contributed by atoms with E-state index in [1.54, 1.807) is 6.26 Å². The normalized spacial score (nSPS) is 21.1. The third-order valence-corrected chi connectivity index (χ3v) is 5.88. The van der Waals surface area contributed by atoms with Crippen LogP contribution in [0.5, 0.6) is 0 Å². The zero-order valence-corrected chi connectivity index (χ0v) is 17.6. The monoisotopic (exact) mass is 410 g/mol. The molecule has 2 aliphatic rings. The average molecular weight is 411 g/mol. The van der Waals surface area contributed by atoms with Gasteiger partial charge in [0, 0.05) is 31.4 Å². The lowest BCUT2D eigenvalue weighted by atomic mass is 9.83. The fourth-order valence-corrected chi connectivity index (χ4v) is 4.55. The number of fused-ring (bicyclic) bond motifs is 3. The molecule has 160 valence electrons. The number of para-hydroxylation sites is 1. The number of nitrogens with zero attached hydrogens (tertiary/aromatic N) is 2. The summed E-state index contributed by atoms with van der Waals surface area (Å²) in [5.41, 5.74) is 2.42. The molecule has 2 N–H and O–H groups in total. The van der Waals surface area contributed by atoms with Gasteiger partial charge in [-0.05, 0) is 44.0 Å². The second-order valence-electron chi connectivity index (χ2n) is 8.45. The molecule has 0 bridgehead atoms. The van der Waals surface area contributed by atoms with Gasteiger partial charge in [0.1, 0.15) is 5.76 Å². The lowest BCUT2D eigenvalue weighted by Crippen LogP contribution is -2.62. The Bertz CT molecular complexity index is 880. The number of hydrogen-bond donors (Lipinski definition) is 2. The first-order valence-electron chi connectivity index (χ1n) is 10.7. The summed E-state index contributed by atoms with van der Waals surface area (Å²) in [5.74, 6) is 0.635. The van der Waals surface area contributed by atoms with Crippen LogP contribution in [0, 0.1) is 5.92 Å². The van der Waals surface area contributed by atoms with Gasteiger partial charge in [0.2, 0.25) is 11.8 Å². The predicted molar refractivity (Wildman–Crippen MR) is 115 cm³/mol. The summed E-state index contributed by atoms with van der Waals surface area (Å²) in [6.45, 7) is 6.98. The van der Waals surface area contributed by atoms with Crippen LogP contribution < -0.4 is 15.5 Å². The molecule has 3 heterocycles. The maximum absolute atomic E-state index is 13.2. The molecule has 1 fully saturated rings. The van der Waals surface area contributed by atoms with Crippen molar-refractivity contribution in [3.8, 4) is 0 Å². The molecule has 2 aliphatic heterocycles. The topological polar surface area (TPSA) is 77.8 Å². The minimum atomic E-state index is -0.175. The lowest BCUT2D eigenvalue weighted by molar-refractivity contribution is -0.126.